The van der Waals surface area contributed by atoms with Gasteiger partial charge in [0, 0.05) is 5.41 Å². The highest BCUT2D eigenvalue weighted by molar-refractivity contribution is 6.06. The lowest BCUT2D eigenvalue weighted by atomic mass is 9.96. The molecule has 2 amide bonds. The molecule has 4 N–H and O–H groups in total. The summed E-state index contributed by atoms with van der Waals surface area (Å²) < 4.78 is 11.6. The van der Waals surface area contributed by atoms with Crippen molar-refractivity contribution in [2.24, 2.45) is 10.8 Å². The molecule has 168 valence electrons. The van der Waals surface area contributed by atoms with Crippen LogP contribution in [0.25, 0.3) is 0 Å². The molecule has 11 nitrogen and oxygen atoms in total. The van der Waals surface area contributed by atoms with Crippen LogP contribution in [0, 0.1) is 10.8 Å². The van der Waals surface area contributed by atoms with Crippen LogP contribution in [0.5, 0.6) is 5.88 Å². The molecule has 11 heteroatoms. The first-order valence-electron chi connectivity index (χ1n) is 9.45. The molecule has 1 fully saturated rings. The predicted octanol–water partition coefficient (Wildman–Crippen LogP) is 0.0997. The Hall–Kier alpha value is -2.50. The summed E-state index contributed by atoms with van der Waals surface area (Å²) in [5.41, 5.74) is -2.03. The van der Waals surface area contributed by atoms with E-state index in [0.29, 0.717) is 0 Å². The van der Waals surface area contributed by atoms with E-state index in [4.69, 9.17) is 9.47 Å². The number of carbonyl (C=O) groups excluding carboxylic acids is 3. The van der Waals surface area contributed by atoms with Crippen molar-refractivity contribution in [3.05, 3.63) is 12.0 Å². The Kier molecular flexibility index (Phi) is 6.60. The Morgan fingerprint density at radius 2 is 1.73 bits per heavy atom. The van der Waals surface area contributed by atoms with Crippen LogP contribution in [-0.2, 0) is 19.1 Å². The van der Waals surface area contributed by atoms with Crippen LogP contribution in [0.1, 0.15) is 58.3 Å². The number of nitrogens with one attached hydrogen (secondary N) is 1. The summed E-state index contributed by atoms with van der Waals surface area (Å²) in [6.45, 7) is 9.53. The van der Waals surface area contributed by atoms with Crippen LogP contribution in [0.4, 0.5) is 0 Å². The van der Waals surface area contributed by atoms with E-state index in [1.807, 2.05) is 0 Å². The van der Waals surface area contributed by atoms with E-state index in [0.717, 1.165) is 10.9 Å². The maximum atomic E-state index is 12.3. The van der Waals surface area contributed by atoms with Gasteiger partial charge in [0.25, 0.3) is 5.91 Å². The molecule has 1 aliphatic rings. The molecule has 1 saturated heterocycles. The van der Waals surface area contributed by atoms with Crippen LogP contribution < -0.4 is 5.32 Å². The number of rotatable bonds is 4. The third-order valence-corrected chi connectivity index (χ3v) is 4.49. The van der Waals surface area contributed by atoms with Crippen molar-refractivity contribution in [3.63, 3.8) is 0 Å². The molecule has 2 rings (SSSR count). The topological polar surface area (TPSA) is 160 Å². The van der Waals surface area contributed by atoms with Crippen molar-refractivity contribution < 1.29 is 39.2 Å². The molecule has 0 aliphatic carbocycles. The number of imide groups is 1. The summed E-state index contributed by atoms with van der Waals surface area (Å²) in [6.07, 6.45) is -4.21. The molecule has 0 radical (unpaired) electrons. The monoisotopic (exact) mass is 427 g/mol. The molecule has 4 atom stereocenters. The number of aromatic nitrogens is 2. The highest BCUT2D eigenvalue weighted by Crippen LogP contribution is 2.33. The van der Waals surface area contributed by atoms with E-state index in [2.05, 4.69) is 10.3 Å². The van der Waals surface area contributed by atoms with Gasteiger partial charge in [-0.15, -0.1) is 0 Å². The van der Waals surface area contributed by atoms with E-state index < -0.39 is 64.7 Å². The molecule has 30 heavy (non-hydrogen) atoms. The minimum absolute atomic E-state index is 0.312. The van der Waals surface area contributed by atoms with Crippen molar-refractivity contribution in [3.8, 4) is 5.88 Å². The number of ether oxygens (including phenoxy) is 2. The molecule has 2 heterocycles. The van der Waals surface area contributed by atoms with Crippen molar-refractivity contribution in [2.45, 2.75) is 66.1 Å². The first-order chi connectivity index (χ1) is 13.6. The smallest absolute Gasteiger partial charge is 0.311 e. The molecule has 0 bridgehead atoms. The number of aromatic hydroxyl groups is 1. The Balaban J connectivity index is 2.12. The third kappa shape index (κ3) is 4.97. The van der Waals surface area contributed by atoms with E-state index in [1.165, 1.54) is 0 Å². The normalized spacial score (nSPS) is 24.5. The van der Waals surface area contributed by atoms with Gasteiger partial charge in [0.05, 0.1) is 5.41 Å². The first kappa shape index (κ1) is 23.8. The van der Waals surface area contributed by atoms with Gasteiger partial charge in [-0.3, -0.25) is 24.3 Å². The molecule has 1 aromatic rings. The Labute approximate surface area is 174 Å². The molecular formula is C19H29N3O8. The number of nitrogens with zero attached hydrogens (tertiary/aromatic N) is 2. The zero-order valence-corrected chi connectivity index (χ0v) is 17.9. The minimum atomic E-state index is -1.49. The highest BCUT2D eigenvalue weighted by atomic mass is 16.6. The lowest BCUT2D eigenvalue weighted by molar-refractivity contribution is -0.159. The van der Waals surface area contributed by atoms with Gasteiger partial charge in [-0.1, -0.05) is 20.8 Å². The Morgan fingerprint density at radius 3 is 2.27 bits per heavy atom. The van der Waals surface area contributed by atoms with Gasteiger partial charge < -0.3 is 24.8 Å². The molecule has 0 spiro atoms. The number of carbonyl (C=O) groups is 3. The number of hydrogen-bond donors (Lipinski definition) is 4. The average Bonchev–Trinajstić information content (AvgIpc) is 3.12. The zero-order chi connectivity index (χ0) is 23.0. The Morgan fingerprint density at radius 1 is 1.13 bits per heavy atom. The quantitative estimate of drug-likeness (QED) is 0.489. The minimum Gasteiger partial charge on any atom is -0.493 e. The summed E-state index contributed by atoms with van der Waals surface area (Å²) in [6, 6.07) is 0. The molecular weight excluding hydrogens is 398 g/mol. The number of aliphatic hydroxyl groups excluding tert-OH is 2. The van der Waals surface area contributed by atoms with Gasteiger partial charge >= 0.3 is 5.97 Å². The maximum Gasteiger partial charge on any atom is 0.311 e. The second-order valence-electron chi connectivity index (χ2n) is 9.25. The van der Waals surface area contributed by atoms with Crippen LogP contribution in [0.15, 0.2) is 6.33 Å². The van der Waals surface area contributed by atoms with E-state index >= 15 is 0 Å². The molecule has 0 aromatic carbocycles. The van der Waals surface area contributed by atoms with E-state index in [9.17, 15) is 29.7 Å². The van der Waals surface area contributed by atoms with Crippen LogP contribution in [0.3, 0.4) is 0 Å². The summed E-state index contributed by atoms with van der Waals surface area (Å²) in [5, 5.41) is 33.0. The lowest BCUT2D eigenvalue weighted by Gasteiger charge is -2.20. The van der Waals surface area contributed by atoms with Gasteiger partial charge in [0.15, 0.2) is 11.9 Å². The van der Waals surface area contributed by atoms with Gasteiger partial charge in [-0.05, 0) is 20.8 Å². The summed E-state index contributed by atoms with van der Waals surface area (Å²) in [5.74, 6) is -2.65. The van der Waals surface area contributed by atoms with Crippen molar-refractivity contribution in [1.29, 1.82) is 0 Å². The SMILES string of the molecule is CC(C)(C)C(=O)NC(=O)c1ncn([C@@H]2O[C@H](COC(=O)C(C)(C)C)C(O)[C@H]2O)c1O. The fourth-order valence-corrected chi connectivity index (χ4v) is 2.52. The fraction of sp³-hybridized carbons (Fsp3) is 0.684. The number of hydrogen-bond acceptors (Lipinski definition) is 9. The predicted molar refractivity (Wildman–Crippen MR) is 102 cm³/mol. The second-order valence-corrected chi connectivity index (χ2v) is 9.25. The van der Waals surface area contributed by atoms with E-state index in [-0.39, 0.29) is 6.61 Å². The highest BCUT2D eigenvalue weighted by Gasteiger charge is 2.46. The molecule has 1 aromatic heterocycles. The van der Waals surface area contributed by atoms with Crippen molar-refractivity contribution >= 4 is 17.8 Å². The lowest BCUT2D eigenvalue weighted by Crippen LogP contribution is -2.39. The standard InChI is InChI=1S/C19H29N3O8/c1-18(2,3)16(27)21-13(25)10-14(26)22(8-20-10)15-12(24)11(23)9(30-15)7-29-17(28)19(4,5)6/h8-9,11-12,15,23-24,26H,7H2,1-6H3,(H,21,25,27)/t9-,11?,12-,15-/m1/s1. The summed E-state index contributed by atoms with van der Waals surface area (Å²) >= 11 is 0. The largest absolute Gasteiger partial charge is 0.493 e. The fourth-order valence-electron chi connectivity index (χ4n) is 2.52. The van der Waals surface area contributed by atoms with Crippen LogP contribution >= 0.6 is 0 Å². The van der Waals surface area contributed by atoms with Gasteiger partial charge in [0.2, 0.25) is 11.8 Å². The third-order valence-electron chi connectivity index (χ3n) is 4.49. The van der Waals surface area contributed by atoms with Gasteiger partial charge in [-0.2, -0.15) is 0 Å². The zero-order valence-electron chi connectivity index (χ0n) is 17.9. The van der Waals surface area contributed by atoms with Crippen molar-refractivity contribution in [2.75, 3.05) is 6.61 Å². The van der Waals surface area contributed by atoms with Crippen LogP contribution in [-0.4, -0.2) is 67.6 Å². The number of imidazole rings is 1. The second kappa shape index (κ2) is 8.32. The molecule has 0 saturated carbocycles. The van der Waals surface area contributed by atoms with Gasteiger partial charge in [0.1, 0.15) is 31.2 Å². The number of esters is 1. The van der Waals surface area contributed by atoms with Gasteiger partial charge in [-0.25, -0.2) is 4.98 Å². The molecule has 1 unspecified atom stereocenters. The van der Waals surface area contributed by atoms with E-state index in [1.54, 1.807) is 41.5 Å². The van der Waals surface area contributed by atoms with Crippen LogP contribution in [0.2, 0.25) is 0 Å². The average molecular weight is 427 g/mol. The maximum absolute atomic E-state index is 12.3. The first-order valence-corrected chi connectivity index (χ1v) is 9.45. The number of amides is 2. The molecule has 1 aliphatic heterocycles. The van der Waals surface area contributed by atoms with Crippen molar-refractivity contribution in [1.82, 2.24) is 14.9 Å². The summed E-state index contributed by atoms with van der Waals surface area (Å²) in [7, 11) is 0. The Bertz CT molecular complexity index is 821. The number of aliphatic hydroxyl groups is 2. The summed E-state index contributed by atoms with van der Waals surface area (Å²) in [4.78, 5) is 39.9.